The summed E-state index contributed by atoms with van der Waals surface area (Å²) in [5, 5.41) is 33.8. The Kier molecular flexibility index (Phi) is 4.67. The minimum absolute atomic E-state index is 0.467. The van der Waals surface area contributed by atoms with Crippen molar-refractivity contribution in [2.24, 2.45) is 5.11 Å². The molecule has 0 aromatic carbocycles. The van der Waals surface area contributed by atoms with Gasteiger partial charge in [-0.1, -0.05) is 5.11 Å². The smallest absolute Gasteiger partial charge is 0.217 e. The first-order valence-electron chi connectivity index (χ1n) is 4.95. The van der Waals surface area contributed by atoms with Gasteiger partial charge in [0.1, 0.15) is 18.3 Å². The quantitative estimate of drug-likeness (QED) is 0.264. The van der Waals surface area contributed by atoms with Gasteiger partial charge in [0.25, 0.3) is 0 Å². The third kappa shape index (κ3) is 3.05. The fourth-order valence-electron chi connectivity index (χ4n) is 1.64. The third-order valence-corrected chi connectivity index (χ3v) is 2.44. The number of hydrogen-bond acceptors (Lipinski definition) is 6. The van der Waals surface area contributed by atoms with Crippen molar-refractivity contribution in [2.75, 3.05) is 6.61 Å². The molecule has 1 rings (SSSR count). The number of hydrogen-bond donors (Lipinski definition) is 4. The molecule has 0 radical (unpaired) electrons. The number of ether oxygens (including phenoxy) is 1. The van der Waals surface area contributed by atoms with E-state index in [-0.39, 0.29) is 0 Å². The summed E-state index contributed by atoms with van der Waals surface area (Å²) >= 11 is 0. The molecule has 1 saturated heterocycles. The second kappa shape index (κ2) is 5.80. The average Bonchev–Trinajstić information content (AvgIpc) is 2.28. The van der Waals surface area contributed by atoms with Crippen molar-refractivity contribution >= 4 is 5.91 Å². The van der Waals surface area contributed by atoms with Crippen molar-refractivity contribution < 1.29 is 24.9 Å². The molecule has 17 heavy (non-hydrogen) atoms. The molecule has 1 amide bonds. The van der Waals surface area contributed by atoms with E-state index in [0.717, 1.165) is 0 Å². The zero-order valence-corrected chi connectivity index (χ0v) is 9.09. The van der Waals surface area contributed by atoms with Crippen molar-refractivity contribution in [3.8, 4) is 0 Å². The summed E-state index contributed by atoms with van der Waals surface area (Å²) < 4.78 is 5.08. The zero-order valence-electron chi connectivity index (χ0n) is 9.09. The number of carbonyl (C=O) groups is 1. The third-order valence-electron chi connectivity index (χ3n) is 2.44. The fraction of sp³-hybridized carbons (Fsp3) is 0.875. The van der Waals surface area contributed by atoms with Crippen LogP contribution in [0.25, 0.3) is 10.4 Å². The maximum atomic E-state index is 10.9. The number of nitrogens with one attached hydrogen (secondary N) is 1. The van der Waals surface area contributed by atoms with E-state index in [4.69, 9.17) is 15.4 Å². The van der Waals surface area contributed by atoms with Gasteiger partial charge in [-0.2, -0.15) is 0 Å². The lowest BCUT2D eigenvalue weighted by molar-refractivity contribution is -0.193. The molecule has 9 nitrogen and oxygen atoms in total. The van der Waals surface area contributed by atoms with E-state index in [1.807, 2.05) is 0 Å². The SMILES string of the molecule is CC(=O)NC1C(N=[N+]=[N-])OC(CO)C(O)C1O. The van der Waals surface area contributed by atoms with Gasteiger partial charge in [0, 0.05) is 11.8 Å². The molecule has 1 aliphatic heterocycles. The van der Waals surface area contributed by atoms with Gasteiger partial charge in [-0.15, -0.1) is 0 Å². The van der Waals surface area contributed by atoms with Gasteiger partial charge in [-0.25, -0.2) is 0 Å². The largest absolute Gasteiger partial charge is 0.394 e. The lowest BCUT2D eigenvalue weighted by atomic mass is 9.96. The van der Waals surface area contributed by atoms with Crippen LogP contribution >= 0.6 is 0 Å². The maximum absolute atomic E-state index is 10.9. The number of aliphatic hydroxyl groups is 3. The van der Waals surface area contributed by atoms with Crippen molar-refractivity contribution in [1.82, 2.24) is 5.32 Å². The summed E-state index contributed by atoms with van der Waals surface area (Å²) in [4.78, 5) is 13.4. The Hall–Kier alpha value is -1.38. The Balaban J connectivity index is 2.90. The number of carbonyl (C=O) groups excluding carboxylic acids is 1. The molecule has 4 N–H and O–H groups in total. The topological polar surface area (TPSA) is 148 Å². The van der Waals surface area contributed by atoms with E-state index in [0.29, 0.717) is 0 Å². The van der Waals surface area contributed by atoms with Crippen LogP contribution in [-0.2, 0) is 9.53 Å². The molecule has 0 aromatic heterocycles. The number of azide groups is 1. The van der Waals surface area contributed by atoms with Crippen LogP contribution in [0.3, 0.4) is 0 Å². The number of amides is 1. The van der Waals surface area contributed by atoms with Crippen molar-refractivity contribution in [3.05, 3.63) is 10.4 Å². The van der Waals surface area contributed by atoms with E-state index >= 15 is 0 Å². The first-order valence-corrected chi connectivity index (χ1v) is 4.95. The number of nitrogens with zero attached hydrogens (tertiary/aromatic N) is 3. The Labute approximate surface area is 96.6 Å². The molecule has 1 aliphatic rings. The van der Waals surface area contributed by atoms with Crippen molar-refractivity contribution in [2.45, 2.75) is 37.5 Å². The second-order valence-electron chi connectivity index (χ2n) is 3.66. The van der Waals surface area contributed by atoms with Gasteiger partial charge < -0.3 is 25.4 Å². The Morgan fingerprint density at radius 2 is 2.18 bits per heavy atom. The van der Waals surface area contributed by atoms with Crippen LogP contribution in [0.1, 0.15) is 6.92 Å². The van der Waals surface area contributed by atoms with Gasteiger partial charge >= 0.3 is 0 Å². The average molecular weight is 246 g/mol. The molecular weight excluding hydrogens is 232 g/mol. The summed E-state index contributed by atoms with van der Waals surface area (Å²) in [7, 11) is 0. The van der Waals surface area contributed by atoms with Crippen molar-refractivity contribution in [1.29, 1.82) is 0 Å². The summed E-state index contributed by atoms with van der Waals surface area (Å²) in [6, 6.07) is -1.05. The standard InChI is InChI=1S/C8H14N4O5/c1-3(14)10-5-7(16)6(15)4(2-13)17-8(5)11-12-9/h4-8,13,15-16H,2H2,1H3,(H,10,14). The van der Waals surface area contributed by atoms with E-state index in [9.17, 15) is 15.0 Å². The monoisotopic (exact) mass is 246 g/mol. The van der Waals surface area contributed by atoms with Crippen LogP contribution < -0.4 is 5.32 Å². The predicted molar refractivity (Wildman–Crippen MR) is 54.5 cm³/mol. The molecule has 1 heterocycles. The predicted octanol–water partition coefficient (Wildman–Crippen LogP) is -1.76. The van der Waals surface area contributed by atoms with Gasteiger partial charge in [0.05, 0.1) is 12.6 Å². The summed E-state index contributed by atoms with van der Waals surface area (Å²) in [6.07, 6.45) is -5.01. The molecule has 0 aliphatic carbocycles. The molecular formula is C8H14N4O5. The lowest BCUT2D eigenvalue weighted by Gasteiger charge is -2.40. The fourth-order valence-corrected chi connectivity index (χ4v) is 1.64. The summed E-state index contributed by atoms with van der Waals surface area (Å²) in [5.41, 5.74) is 8.34. The molecule has 0 bridgehead atoms. The maximum Gasteiger partial charge on any atom is 0.217 e. The number of rotatable bonds is 3. The Morgan fingerprint density at radius 1 is 1.53 bits per heavy atom. The van der Waals surface area contributed by atoms with Gasteiger partial charge in [0.2, 0.25) is 5.91 Å². The van der Waals surface area contributed by atoms with Crippen LogP contribution in [-0.4, -0.2) is 58.4 Å². The minimum Gasteiger partial charge on any atom is -0.394 e. The first kappa shape index (κ1) is 13.7. The molecule has 5 unspecified atom stereocenters. The zero-order chi connectivity index (χ0) is 13.0. The van der Waals surface area contributed by atoms with Crippen LogP contribution in [0.15, 0.2) is 5.11 Å². The Morgan fingerprint density at radius 3 is 2.65 bits per heavy atom. The highest BCUT2D eigenvalue weighted by molar-refractivity contribution is 5.73. The molecule has 0 spiro atoms. The molecule has 1 fully saturated rings. The molecule has 0 aromatic rings. The molecule has 9 heteroatoms. The van der Waals surface area contributed by atoms with E-state index in [2.05, 4.69) is 15.3 Å². The van der Waals surface area contributed by atoms with Gasteiger partial charge in [-0.3, -0.25) is 4.79 Å². The second-order valence-corrected chi connectivity index (χ2v) is 3.66. The first-order chi connectivity index (χ1) is 8.01. The molecule has 5 atom stereocenters. The van der Waals surface area contributed by atoms with Crippen molar-refractivity contribution in [3.63, 3.8) is 0 Å². The molecule has 0 saturated carbocycles. The van der Waals surface area contributed by atoms with Gasteiger partial charge in [0.15, 0.2) is 6.23 Å². The number of aliphatic hydroxyl groups excluding tert-OH is 3. The lowest BCUT2D eigenvalue weighted by Crippen LogP contribution is -2.63. The van der Waals surface area contributed by atoms with Gasteiger partial charge in [-0.05, 0) is 5.53 Å². The molecule has 96 valence electrons. The van der Waals surface area contributed by atoms with Crippen LogP contribution in [0.2, 0.25) is 0 Å². The highest BCUT2D eigenvalue weighted by atomic mass is 16.5. The van der Waals surface area contributed by atoms with Crippen LogP contribution in [0.5, 0.6) is 0 Å². The highest BCUT2D eigenvalue weighted by Crippen LogP contribution is 2.22. The van der Waals surface area contributed by atoms with Crippen LogP contribution in [0.4, 0.5) is 0 Å². The minimum atomic E-state index is -1.39. The summed E-state index contributed by atoms with van der Waals surface area (Å²) in [6.45, 7) is 0.673. The van der Waals surface area contributed by atoms with Crippen LogP contribution in [0, 0.1) is 0 Å². The summed E-state index contributed by atoms with van der Waals surface area (Å²) in [5.74, 6) is -0.467. The normalized spacial score (nSPS) is 37.1. The highest BCUT2D eigenvalue weighted by Gasteiger charge is 2.44. The van der Waals surface area contributed by atoms with E-state index < -0.39 is 43.1 Å². The van der Waals surface area contributed by atoms with E-state index in [1.165, 1.54) is 6.92 Å². The Bertz CT molecular complexity index is 332. The van der Waals surface area contributed by atoms with E-state index in [1.54, 1.807) is 0 Å².